The van der Waals surface area contributed by atoms with Gasteiger partial charge in [0.15, 0.2) is 0 Å². The molecule has 0 radical (unpaired) electrons. The van der Waals surface area contributed by atoms with Crippen LogP contribution >= 0.6 is 0 Å². The van der Waals surface area contributed by atoms with Crippen molar-refractivity contribution in [2.24, 2.45) is 0 Å². The molecular weight excluding hydrogens is 407 g/mol. The minimum absolute atomic E-state index is 0.0330. The van der Waals surface area contributed by atoms with Gasteiger partial charge in [-0.15, -0.1) is 0 Å². The summed E-state index contributed by atoms with van der Waals surface area (Å²) in [6.07, 6.45) is 2.01. The molecule has 1 fully saturated rings. The minimum Gasteiger partial charge on any atom is -0.497 e. The van der Waals surface area contributed by atoms with Crippen LogP contribution in [0.25, 0.3) is 11.1 Å². The maximum Gasteiger partial charge on any atom is 0.227 e. The first-order chi connectivity index (χ1) is 15.5. The van der Waals surface area contributed by atoms with E-state index in [1.165, 1.54) is 12.1 Å². The smallest absolute Gasteiger partial charge is 0.227 e. The average Bonchev–Trinajstić information content (AvgIpc) is 3.29. The SMILES string of the molecule is COc1ccc(OC)c(CC(=O)N2CCC[C@H]2c2cc(-c3ccc(F)cc3)cc(C)n2)c1. The van der Waals surface area contributed by atoms with E-state index in [0.717, 1.165) is 40.9 Å². The first kappa shape index (κ1) is 21.8. The van der Waals surface area contributed by atoms with Gasteiger partial charge in [-0.05, 0) is 73.4 Å². The van der Waals surface area contributed by atoms with Crippen molar-refractivity contribution in [3.63, 3.8) is 0 Å². The van der Waals surface area contributed by atoms with Crippen molar-refractivity contribution in [1.29, 1.82) is 0 Å². The number of rotatable bonds is 6. The Bertz CT molecular complexity index is 1110. The molecule has 32 heavy (non-hydrogen) atoms. The van der Waals surface area contributed by atoms with Gasteiger partial charge in [-0.3, -0.25) is 9.78 Å². The lowest BCUT2D eigenvalue weighted by molar-refractivity contribution is -0.131. The first-order valence-corrected chi connectivity index (χ1v) is 10.7. The molecule has 2 heterocycles. The van der Waals surface area contributed by atoms with Crippen molar-refractivity contribution >= 4 is 5.91 Å². The molecule has 5 nitrogen and oxygen atoms in total. The zero-order valence-electron chi connectivity index (χ0n) is 18.6. The maximum absolute atomic E-state index is 13.4. The highest BCUT2D eigenvalue weighted by Gasteiger charge is 2.31. The van der Waals surface area contributed by atoms with Crippen LogP contribution in [0.4, 0.5) is 4.39 Å². The topological polar surface area (TPSA) is 51.7 Å². The Kier molecular flexibility index (Phi) is 6.40. The summed E-state index contributed by atoms with van der Waals surface area (Å²) in [5.74, 6) is 1.13. The fourth-order valence-corrected chi connectivity index (χ4v) is 4.33. The number of aromatic nitrogens is 1. The number of likely N-dealkylation sites (tertiary alicyclic amines) is 1. The molecule has 1 aliphatic rings. The largest absolute Gasteiger partial charge is 0.497 e. The van der Waals surface area contributed by atoms with Crippen molar-refractivity contribution in [2.75, 3.05) is 20.8 Å². The second-order valence-electron chi connectivity index (χ2n) is 8.03. The Hall–Kier alpha value is -3.41. The summed E-state index contributed by atoms with van der Waals surface area (Å²) in [5, 5.41) is 0. The monoisotopic (exact) mass is 434 g/mol. The van der Waals surface area contributed by atoms with Gasteiger partial charge in [0, 0.05) is 17.8 Å². The number of amides is 1. The molecule has 0 N–H and O–H groups in total. The number of nitrogens with zero attached hydrogens (tertiary/aromatic N) is 2. The Balaban J connectivity index is 1.60. The first-order valence-electron chi connectivity index (χ1n) is 10.7. The highest BCUT2D eigenvalue weighted by atomic mass is 19.1. The zero-order chi connectivity index (χ0) is 22.7. The number of carbonyl (C=O) groups excluding carboxylic acids is 1. The van der Waals surface area contributed by atoms with Crippen LogP contribution in [0.3, 0.4) is 0 Å². The number of aryl methyl sites for hydroxylation is 1. The molecule has 1 aliphatic heterocycles. The van der Waals surface area contributed by atoms with Crippen molar-refractivity contribution in [3.8, 4) is 22.6 Å². The standard InChI is InChI=1S/C26H27FN2O3/c1-17-13-19(18-6-8-21(27)9-7-18)15-23(28-17)24-5-4-12-29(24)26(30)16-20-14-22(31-2)10-11-25(20)32-3/h6-11,13-15,24H,4-5,12,16H2,1-3H3/t24-/m0/s1. The van der Waals surface area contributed by atoms with Gasteiger partial charge in [0.05, 0.1) is 32.4 Å². The molecule has 0 unspecified atom stereocenters. The van der Waals surface area contributed by atoms with E-state index in [-0.39, 0.29) is 24.2 Å². The summed E-state index contributed by atoms with van der Waals surface area (Å²) in [6.45, 7) is 2.63. The molecule has 4 rings (SSSR count). The molecule has 0 saturated carbocycles. The van der Waals surface area contributed by atoms with Crippen LogP contribution < -0.4 is 9.47 Å². The Morgan fingerprint density at radius 1 is 1.06 bits per heavy atom. The van der Waals surface area contributed by atoms with Gasteiger partial charge >= 0.3 is 0 Å². The molecule has 1 amide bonds. The number of hydrogen-bond acceptors (Lipinski definition) is 4. The second kappa shape index (κ2) is 9.39. The Labute approximate surface area is 187 Å². The second-order valence-corrected chi connectivity index (χ2v) is 8.03. The van der Waals surface area contributed by atoms with Crippen LogP contribution in [0.1, 0.15) is 35.8 Å². The quantitative estimate of drug-likeness (QED) is 0.540. The molecule has 1 aromatic heterocycles. The molecule has 0 bridgehead atoms. The predicted molar refractivity (Wildman–Crippen MR) is 121 cm³/mol. The van der Waals surface area contributed by atoms with E-state index in [1.54, 1.807) is 26.4 Å². The van der Waals surface area contributed by atoms with Gasteiger partial charge in [-0.1, -0.05) is 12.1 Å². The van der Waals surface area contributed by atoms with Gasteiger partial charge in [0.1, 0.15) is 17.3 Å². The fraction of sp³-hybridized carbons (Fsp3) is 0.308. The van der Waals surface area contributed by atoms with E-state index in [9.17, 15) is 9.18 Å². The van der Waals surface area contributed by atoms with Crippen LogP contribution in [0, 0.1) is 12.7 Å². The van der Waals surface area contributed by atoms with Gasteiger partial charge in [-0.2, -0.15) is 0 Å². The summed E-state index contributed by atoms with van der Waals surface area (Å²) in [6, 6.07) is 15.8. The van der Waals surface area contributed by atoms with Crippen LogP contribution in [0.5, 0.6) is 11.5 Å². The molecule has 2 aromatic carbocycles. The highest BCUT2D eigenvalue weighted by molar-refractivity contribution is 5.80. The third-order valence-electron chi connectivity index (χ3n) is 5.89. The number of carbonyl (C=O) groups is 1. The lowest BCUT2D eigenvalue weighted by atomic mass is 10.0. The van der Waals surface area contributed by atoms with E-state index < -0.39 is 0 Å². The molecule has 1 atom stereocenters. The summed E-state index contributed by atoms with van der Waals surface area (Å²) < 4.78 is 24.1. The number of ether oxygens (including phenoxy) is 2. The van der Waals surface area contributed by atoms with Crippen LogP contribution in [0.15, 0.2) is 54.6 Å². The lowest BCUT2D eigenvalue weighted by Crippen LogP contribution is -2.32. The summed E-state index contributed by atoms with van der Waals surface area (Å²) >= 11 is 0. The Morgan fingerprint density at radius 2 is 1.84 bits per heavy atom. The lowest BCUT2D eigenvalue weighted by Gasteiger charge is -2.25. The Morgan fingerprint density at radius 3 is 2.56 bits per heavy atom. The van der Waals surface area contributed by atoms with Crippen LogP contribution in [-0.2, 0) is 11.2 Å². The van der Waals surface area contributed by atoms with Crippen LogP contribution in [0.2, 0.25) is 0 Å². The molecule has 1 saturated heterocycles. The third kappa shape index (κ3) is 4.59. The molecular formula is C26H27FN2O3. The van der Waals surface area contributed by atoms with E-state index >= 15 is 0 Å². The minimum atomic E-state index is -0.264. The van der Waals surface area contributed by atoms with Gasteiger partial charge in [0.2, 0.25) is 5.91 Å². The van der Waals surface area contributed by atoms with Crippen LogP contribution in [-0.4, -0.2) is 36.6 Å². The third-order valence-corrected chi connectivity index (χ3v) is 5.89. The highest BCUT2D eigenvalue weighted by Crippen LogP contribution is 2.34. The molecule has 0 spiro atoms. The van der Waals surface area contributed by atoms with Gasteiger partial charge < -0.3 is 14.4 Å². The zero-order valence-corrected chi connectivity index (χ0v) is 18.6. The number of methoxy groups -OCH3 is 2. The van der Waals surface area contributed by atoms with E-state index in [2.05, 4.69) is 0 Å². The van der Waals surface area contributed by atoms with Crippen molar-refractivity contribution < 1.29 is 18.7 Å². The van der Waals surface area contributed by atoms with Crippen molar-refractivity contribution in [3.05, 3.63) is 77.4 Å². The fourth-order valence-electron chi connectivity index (χ4n) is 4.33. The van der Waals surface area contributed by atoms with Crippen molar-refractivity contribution in [1.82, 2.24) is 9.88 Å². The number of benzene rings is 2. The number of hydrogen-bond donors (Lipinski definition) is 0. The maximum atomic E-state index is 13.4. The molecule has 3 aromatic rings. The normalized spacial score (nSPS) is 15.6. The van der Waals surface area contributed by atoms with E-state index in [1.807, 2.05) is 42.2 Å². The summed E-state index contributed by atoms with van der Waals surface area (Å²) in [7, 11) is 3.20. The predicted octanol–water partition coefficient (Wildman–Crippen LogP) is 5.12. The molecule has 0 aliphatic carbocycles. The van der Waals surface area contributed by atoms with Gasteiger partial charge in [0.25, 0.3) is 0 Å². The average molecular weight is 435 g/mol. The summed E-state index contributed by atoms with van der Waals surface area (Å²) in [4.78, 5) is 20.0. The summed E-state index contributed by atoms with van der Waals surface area (Å²) in [5.41, 5.74) is 4.44. The van der Waals surface area contributed by atoms with E-state index in [4.69, 9.17) is 14.5 Å². The molecule has 6 heteroatoms. The van der Waals surface area contributed by atoms with Crippen molar-refractivity contribution in [2.45, 2.75) is 32.2 Å². The number of halogens is 1. The van der Waals surface area contributed by atoms with Gasteiger partial charge in [-0.25, -0.2) is 4.39 Å². The molecule has 166 valence electrons. The number of pyridine rings is 1. The van der Waals surface area contributed by atoms with E-state index in [0.29, 0.717) is 18.0 Å².